The van der Waals surface area contributed by atoms with Crippen molar-refractivity contribution in [3.05, 3.63) is 105 Å². The molecule has 3 aliphatic carbocycles. The fourth-order valence-electron chi connectivity index (χ4n) is 8.91. The Balaban J connectivity index is 0.954. The number of Topliss-reactive ketones (excluding diaryl/α,β-unsaturated/α-hetero) is 2. The number of allylic oxidation sites excluding steroid dienone is 2. The molecule has 0 spiro atoms. The summed E-state index contributed by atoms with van der Waals surface area (Å²) in [4.78, 5) is 79.4. The molecule has 8 atom stereocenters. The van der Waals surface area contributed by atoms with Crippen LogP contribution in [0.4, 0.5) is 4.79 Å². The number of amides is 2. The van der Waals surface area contributed by atoms with E-state index in [1.807, 2.05) is 0 Å². The summed E-state index contributed by atoms with van der Waals surface area (Å²) in [6.07, 6.45) is -7.50. The molecule has 8 rings (SSSR count). The molecule has 67 heavy (non-hydrogen) atoms. The normalized spacial score (nSPS) is 26.4. The second-order valence-electron chi connectivity index (χ2n) is 16.4. The third kappa shape index (κ3) is 8.03. The van der Waals surface area contributed by atoms with Crippen LogP contribution in [-0.4, -0.2) is 138 Å². The maximum absolute atomic E-state index is 14.0. The number of fused-ring (bicyclic) bond motifs is 4. The van der Waals surface area contributed by atoms with Gasteiger partial charge in [0.05, 0.1) is 42.0 Å². The number of hydrogen-bond acceptors (Lipinski definition) is 20. The van der Waals surface area contributed by atoms with Crippen LogP contribution in [0.5, 0.6) is 28.7 Å². The number of phenolic OH excluding ortho intramolecular Hbond substituents is 3. The Hall–Kier alpha value is -7.50. The molecule has 1 saturated heterocycles. The molecular weight excluding hydrogens is 888 g/mol. The molecule has 22 nitrogen and oxygen atoms in total. The number of carbonyl (C=O) groups excluding carboxylic acids is 6. The van der Waals surface area contributed by atoms with Gasteiger partial charge in [0.2, 0.25) is 23.2 Å². The predicted octanol–water partition coefficient (Wildman–Crippen LogP) is 1.36. The number of aromatic hydroxyl groups is 3. The molecule has 2 unspecified atom stereocenters. The third-order valence-electron chi connectivity index (χ3n) is 12.2. The predicted molar refractivity (Wildman–Crippen MR) is 222 cm³/mol. The number of methoxy groups -OCH3 is 1. The van der Waals surface area contributed by atoms with Crippen molar-refractivity contribution in [1.29, 1.82) is 0 Å². The lowest BCUT2D eigenvalue weighted by Gasteiger charge is -2.43. The maximum atomic E-state index is 14.0. The lowest BCUT2D eigenvalue weighted by atomic mass is 9.72. The van der Waals surface area contributed by atoms with Crippen LogP contribution in [0.2, 0.25) is 0 Å². The van der Waals surface area contributed by atoms with E-state index in [2.05, 4.69) is 10.6 Å². The van der Waals surface area contributed by atoms with Crippen LogP contribution < -0.4 is 20.1 Å². The Morgan fingerprint density at radius 3 is 2.37 bits per heavy atom. The number of ether oxygens (including phenoxy) is 5. The largest absolute Gasteiger partial charge is 0.511 e. The summed E-state index contributed by atoms with van der Waals surface area (Å²) in [5, 5.41) is 102. The number of phenols is 3. The van der Waals surface area contributed by atoms with Crippen LogP contribution in [-0.2, 0) is 35.0 Å². The van der Waals surface area contributed by atoms with Crippen molar-refractivity contribution in [2.75, 3.05) is 20.3 Å². The number of ketones is 4. The van der Waals surface area contributed by atoms with Crippen LogP contribution in [0.25, 0.3) is 5.76 Å². The zero-order valence-electron chi connectivity index (χ0n) is 35.2. The van der Waals surface area contributed by atoms with E-state index in [1.165, 1.54) is 38.3 Å². The Morgan fingerprint density at radius 1 is 0.940 bits per heavy atom. The van der Waals surface area contributed by atoms with Gasteiger partial charge in [-0.15, -0.1) is 0 Å². The van der Waals surface area contributed by atoms with Crippen LogP contribution in [0.1, 0.15) is 74.4 Å². The maximum Gasteiger partial charge on any atom is 0.413 e. The topological polar surface area (TPSA) is 355 Å². The summed E-state index contributed by atoms with van der Waals surface area (Å²) in [7, 11) is 1.27. The minimum Gasteiger partial charge on any atom is -0.511 e. The van der Waals surface area contributed by atoms with Crippen LogP contribution >= 0.6 is 0 Å². The molecule has 1 fully saturated rings. The summed E-state index contributed by atoms with van der Waals surface area (Å²) in [6.45, 7) is -0.462. The number of nitrogens with one attached hydrogen (secondary N) is 2. The average molecular weight is 931 g/mol. The molecule has 2 aliphatic heterocycles. The zero-order valence-corrected chi connectivity index (χ0v) is 35.2. The summed E-state index contributed by atoms with van der Waals surface area (Å²) in [5.41, 5.74) is -4.60. The number of aliphatic hydroxyl groups excluding tert-OH is 5. The van der Waals surface area contributed by atoms with Crippen molar-refractivity contribution in [3.8, 4) is 28.7 Å². The minimum absolute atomic E-state index is 0.00896. The van der Waals surface area contributed by atoms with Gasteiger partial charge in [-0.05, 0) is 37.3 Å². The first-order valence-corrected chi connectivity index (χ1v) is 20.5. The number of carbonyl (C=O) groups is 6. The summed E-state index contributed by atoms with van der Waals surface area (Å²) >= 11 is 0. The van der Waals surface area contributed by atoms with Gasteiger partial charge in [0, 0.05) is 47.6 Å². The van der Waals surface area contributed by atoms with Crippen molar-refractivity contribution in [2.45, 2.75) is 68.5 Å². The molecular formula is C45H42N2O20. The van der Waals surface area contributed by atoms with Crippen molar-refractivity contribution >= 4 is 40.9 Å². The molecule has 2 amide bonds. The second kappa shape index (κ2) is 17.4. The monoisotopic (exact) mass is 930 g/mol. The highest BCUT2D eigenvalue weighted by Gasteiger charge is 2.51. The summed E-state index contributed by atoms with van der Waals surface area (Å²) in [6, 6.07) is 6.33. The van der Waals surface area contributed by atoms with Crippen LogP contribution in [0, 0.1) is 5.92 Å². The highest BCUT2D eigenvalue weighted by molar-refractivity contribution is 6.31. The standard InChI is InChI=1S/C45H42N2O20/c1-16-36(54)21(47-29(53)14-46-44(61)67-24-7-6-17(8-22(24)50)43-42(60)41(59)33-23(51)9-18(49)10-26(33)66-43)11-30(64-16)65-27-13-45(62,28(52)15-48)12-20-32(27)40(58)35-34(38(20)56)37(55)19-4-3-5-25(63-2)31(19)39(35)57/h3-10,16,21,26-27,30,33,36,48-51,54,56,58,60,62H,11-15H2,1-2H3,(H,46,61)(H,47,53)/t16-,21-,26?,27-,30-,33?,36+,45-/m0/s1. The summed E-state index contributed by atoms with van der Waals surface area (Å²) < 4.78 is 28.1. The molecule has 3 aromatic rings. The van der Waals surface area contributed by atoms with E-state index in [4.69, 9.17) is 23.7 Å². The molecule has 3 aromatic carbocycles. The van der Waals surface area contributed by atoms with E-state index >= 15 is 0 Å². The average Bonchev–Trinajstić information content (AvgIpc) is 3.28. The van der Waals surface area contributed by atoms with Crippen LogP contribution in [0.3, 0.4) is 0 Å². The van der Waals surface area contributed by atoms with E-state index in [-0.39, 0.29) is 45.7 Å². The smallest absolute Gasteiger partial charge is 0.413 e. The van der Waals surface area contributed by atoms with Gasteiger partial charge in [-0.2, -0.15) is 0 Å². The number of aliphatic hydroxyl groups is 6. The minimum atomic E-state index is -2.43. The first-order chi connectivity index (χ1) is 31.8. The number of hydrogen-bond donors (Lipinski definition) is 11. The molecule has 2 heterocycles. The first kappa shape index (κ1) is 46.0. The van der Waals surface area contributed by atoms with Crippen molar-refractivity contribution in [3.63, 3.8) is 0 Å². The van der Waals surface area contributed by atoms with E-state index in [1.54, 1.807) is 0 Å². The van der Waals surface area contributed by atoms with Gasteiger partial charge in [0.1, 0.15) is 65.6 Å². The van der Waals surface area contributed by atoms with Crippen molar-refractivity contribution in [2.24, 2.45) is 5.92 Å². The van der Waals surface area contributed by atoms with Gasteiger partial charge in [0.15, 0.2) is 35.1 Å². The number of rotatable bonds is 10. The molecule has 0 aromatic heterocycles. The second-order valence-corrected chi connectivity index (χ2v) is 16.4. The van der Waals surface area contributed by atoms with Gasteiger partial charge < -0.3 is 80.3 Å². The Bertz CT molecular complexity index is 2760. The molecule has 0 radical (unpaired) electrons. The zero-order chi connectivity index (χ0) is 48.4. The highest BCUT2D eigenvalue weighted by Crippen LogP contribution is 2.53. The number of benzene rings is 3. The molecule has 0 saturated carbocycles. The van der Waals surface area contributed by atoms with Gasteiger partial charge in [-0.3, -0.25) is 24.0 Å². The van der Waals surface area contributed by atoms with E-state index < -0.39 is 161 Å². The van der Waals surface area contributed by atoms with Gasteiger partial charge in [-0.25, -0.2) is 4.79 Å². The lowest BCUT2D eigenvalue weighted by Crippen LogP contribution is -2.57. The molecule has 0 bridgehead atoms. The Labute approximate surface area is 377 Å². The van der Waals surface area contributed by atoms with E-state index in [9.17, 15) is 74.7 Å². The van der Waals surface area contributed by atoms with Gasteiger partial charge >= 0.3 is 6.09 Å². The quantitative estimate of drug-likeness (QED) is 0.100. The van der Waals surface area contributed by atoms with Gasteiger partial charge in [-0.1, -0.05) is 12.1 Å². The van der Waals surface area contributed by atoms with Crippen LogP contribution in [0.15, 0.2) is 65.8 Å². The van der Waals surface area contributed by atoms with Gasteiger partial charge in [0.25, 0.3) is 0 Å². The molecule has 22 heteroatoms. The SMILES string of the molecule is COc1cccc2c1C(=O)c1c(O)c3c(c(O)c1C2=O)C[C@@](O)(C(=O)CO)C[C@@H]3O[C@H]1C[C@H](NC(=O)CNC(=O)Oc2ccc(C3=C(O)C(=O)C4C(O)=CC(O)=CC4O3)cc2O)[C@H](O)[C@H](C)O1. The fourth-order valence-corrected chi connectivity index (χ4v) is 8.91. The molecule has 11 N–H and O–H groups in total. The third-order valence-corrected chi connectivity index (χ3v) is 12.2. The molecule has 352 valence electrons. The Kier molecular flexibility index (Phi) is 11.9. The lowest BCUT2D eigenvalue weighted by molar-refractivity contribution is -0.249. The van der Waals surface area contributed by atoms with Crippen molar-refractivity contribution < 1.29 is 98.4 Å². The van der Waals surface area contributed by atoms with E-state index in [0.29, 0.717) is 0 Å². The van der Waals surface area contributed by atoms with Crippen molar-refractivity contribution in [1.82, 2.24) is 10.6 Å². The Morgan fingerprint density at radius 2 is 1.67 bits per heavy atom. The highest BCUT2D eigenvalue weighted by atomic mass is 16.7. The first-order valence-electron chi connectivity index (χ1n) is 20.5. The fraction of sp³-hybridized carbons (Fsp3) is 0.333. The molecule has 5 aliphatic rings. The summed E-state index contributed by atoms with van der Waals surface area (Å²) in [5.74, 6) is -10.8. The van der Waals surface area contributed by atoms with E-state index in [0.717, 1.165) is 24.3 Å².